The summed E-state index contributed by atoms with van der Waals surface area (Å²) in [6.07, 6.45) is 4.12. The van der Waals surface area contributed by atoms with Crippen molar-refractivity contribution >= 4 is 11.9 Å². The highest BCUT2D eigenvalue weighted by Gasteiger charge is 2.26. The van der Waals surface area contributed by atoms with E-state index in [1.54, 1.807) is 7.05 Å². The molecule has 0 bridgehead atoms. The van der Waals surface area contributed by atoms with Crippen LogP contribution >= 0.6 is 0 Å². The summed E-state index contributed by atoms with van der Waals surface area (Å²) >= 11 is 0. The van der Waals surface area contributed by atoms with E-state index >= 15 is 0 Å². The zero-order valence-corrected chi connectivity index (χ0v) is 13.6. The van der Waals surface area contributed by atoms with Gasteiger partial charge in [0.1, 0.15) is 0 Å². The molecular weight excluding hydrogens is 266 g/mol. The summed E-state index contributed by atoms with van der Waals surface area (Å²) in [4.78, 5) is 20.3. The maximum Gasteiger partial charge on any atom is 0.222 e. The Hall–Kier alpha value is -1.30. The first-order valence-corrected chi connectivity index (χ1v) is 8.09. The summed E-state index contributed by atoms with van der Waals surface area (Å²) in [5.74, 6) is 1.10. The molecule has 2 unspecified atom stereocenters. The Bertz CT molecular complexity index is 384. The number of nitrogens with one attached hydrogen (secondary N) is 2. The van der Waals surface area contributed by atoms with Crippen LogP contribution in [-0.2, 0) is 4.79 Å². The van der Waals surface area contributed by atoms with Gasteiger partial charge in [0.15, 0.2) is 5.96 Å². The monoisotopic (exact) mass is 295 g/mol. The normalized spacial score (nSPS) is 27.2. The Morgan fingerprint density at radius 3 is 2.76 bits per heavy atom. The Morgan fingerprint density at radius 2 is 2.14 bits per heavy atom. The van der Waals surface area contributed by atoms with E-state index in [0.29, 0.717) is 18.5 Å². The molecule has 2 rings (SSSR count). The number of rotatable bonds is 4. The zero-order valence-electron chi connectivity index (χ0n) is 13.6. The number of likely N-dealkylation sites (tertiary alicyclic amines) is 2. The highest BCUT2D eigenvalue weighted by atomic mass is 16.2. The van der Waals surface area contributed by atoms with Gasteiger partial charge in [-0.3, -0.25) is 9.79 Å². The van der Waals surface area contributed by atoms with Crippen LogP contribution in [0.15, 0.2) is 4.99 Å². The lowest BCUT2D eigenvalue weighted by molar-refractivity contribution is -0.129. The van der Waals surface area contributed by atoms with Gasteiger partial charge in [-0.05, 0) is 32.9 Å². The predicted molar refractivity (Wildman–Crippen MR) is 85.4 cm³/mol. The molecule has 2 atom stereocenters. The van der Waals surface area contributed by atoms with Crippen LogP contribution in [-0.4, -0.2) is 74.0 Å². The summed E-state index contributed by atoms with van der Waals surface area (Å²) in [5.41, 5.74) is 0. The van der Waals surface area contributed by atoms with Crippen LogP contribution in [0.5, 0.6) is 0 Å². The molecule has 2 aliphatic heterocycles. The fourth-order valence-corrected chi connectivity index (χ4v) is 3.17. The van der Waals surface area contributed by atoms with Crippen LogP contribution in [0.3, 0.4) is 0 Å². The first-order valence-electron chi connectivity index (χ1n) is 8.09. The van der Waals surface area contributed by atoms with Crippen molar-refractivity contribution in [1.82, 2.24) is 20.4 Å². The van der Waals surface area contributed by atoms with Crippen molar-refractivity contribution in [2.75, 3.05) is 40.3 Å². The van der Waals surface area contributed by atoms with Gasteiger partial charge in [-0.2, -0.15) is 0 Å². The van der Waals surface area contributed by atoms with Gasteiger partial charge >= 0.3 is 0 Å². The molecule has 0 aromatic carbocycles. The maximum atomic E-state index is 11.7. The summed E-state index contributed by atoms with van der Waals surface area (Å²) in [5, 5.41) is 6.86. The molecule has 0 saturated carbocycles. The Labute approximate surface area is 128 Å². The average molecular weight is 295 g/mol. The average Bonchev–Trinajstić information content (AvgIpc) is 3.11. The fraction of sp³-hybridized carbons (Fsp3) is 0.867. The van der Waals surface area contributed by atoms with Crippen molar-refractivity contribution in [3.63, 3.8) is 0 Å². The molecule has 6 nitrogen and oxygen atoms in total. The number of hydrogen-bond acceptors (Lipinski definition) is 3. The van der Waals surface area contributed by atoms with Crippen LogP contribution in [0.2, 0.25) is 0 Å². The third-order valence-electron chi connectivity index (χ3n) is 4.58. The molecular formula is C15H29N5O. The van der Waals surface area contributed by atoms with Gasteiger partial charge in [0.25, 0.3) is 0 Å². The van der Waals surface area contributed by atoms with Gasteiger partial charge < -0.3 is 20.4 Å². The second-order valence-electron chi connectivity index (χ2n) is 6.05. The van der Waals surface area contributed by atoms with E-state index in [0.717, 1.165) is 32.0 Å². The van der Waals surface area contributed by atoms with Crippen molar-refractivity contribution in [1.29, 1.82) is 0 Å². The number of amides is 1. The number of nitrogens with zero attached hydrogens (tertiary/aromatic N) is 3. The van der Waals surface area contributed by atoms with Crippen molar-refractivity contribution < 1.29 is 4.79 Å². The quantitative estimate of drug-likeness (QED) is 0.577. The minimum atomic E-state index is 0.245. The van der Waals surface area contributed by atoms with Crippen LogP contribution < -0.4 is 10.6 Å². The van der Waals surface area contributed by atoms with E-state index in [9.17, 15) is 4.79 Å². The SMILES string of the molecule is CCC(=O)N1CCC(NC(=NC)NCC2CCCN2C)C1. The highest BCUT2D eigenvalue weighted by Crippen LogP contribution is 2.13. The number of carbonyl (C=O) groups is 1. The number of hydrogen-bond donors (Lipinski definition) is 2. The van der Waals surface area contributed by atoms with Gasteiger partial charge in [0.2, 0.25) is 5.91 Å². The van der Waals surface area contributed by atoms with E-state index in [1.807, 2.05) is 11.8 Å². The molecule has 120 valence electrons. The molecule has 2 fully saturated rings. The third-order valence-corrected chi connectivity index (χ3v) is 4.58. The summed E-state index contributed by atoms with van der Waals surface area (Å²) in [6, 6.07) is 0.915. The van der Waals surface area contributed by atoms with Gasteiger partial charge in [0.05, 0.1) is 0 Å². The second kappa shape index (κ2) is 7.64. The molecule has 1 amide bonds. The molecule has 0 aliphatic carbocycles. The van der Waals surface area contributed by atoms with Gasteiger partial charge in [0, 0.05) is 45.2 Å². The number of carbonyl (C=O) groups excluding carboxylic acids is 1. The van der Waals surface area contributed by atoms with E-state index in [4.69, 9.17) is 0 Å². The molecule has 6 heteroatoms. The first kappa shape index (κ1) is 16.1. The van der Waals surface area contributed by atoms with E-state index < -0.39 is 0 Å². The maximum absolute atomic E-state index is 11.7. The minimum absolute atomic E-state index is 0.245. The van der Waals surface area contributed by atoms with Crippen molar-refractivity contribution in [3.05, 3.63) is 0 Å². The number of guanidine groups is 1. The molecule has 2 heterocycles. The molecule has 2 aliphatic rings. The standard InChI is InChI=1S/C15H29N5O/c1-4-14(21)20-9-7-12(11-20)18-15(16-2)17-10-13-6-5-8-19(13)3/h12-13H,4-11H2,1-3H3,(H2,16,17,18). The third kappa shape index (κ3) is 4.33. The number of aliphatic imine (C=N–C) groups is 1. The molecule has 0 spiro atoms. The highest BCUT2D eigenvalue weighted by molar-refractivity contribution is 5.80. The Kier molecular flexibility index (Phi) is 5.85. The van der Waals surface area contributed by atoms with E-state index in [1.165, 1.54) is 19.4 Å². The van der Waals surface area contributed by atoms with Crippen molar-refractivity contribution in [2.45, 2.75) is 44.7 Å². The second-order valence-corrected chi connectivity index (χ2v) is 6.05. The van der Waals surface area contributed by atoms with Crippen LogP contribution in [0.25, 0.3) is 0 Å². The van der Waals surface area contributed by atoms with E-state index in [-0.39, 0.29) is 5.91 Å². The Balaban J connectivity index is 1.74. The van der Waals surface area contributed by atoms with Crippen LogP contribution in [0.4, 0.5) is 0 Å². The lowest BCUT2D eigenvalue weighted by Crippen LogP contribution is -2.48. The number of likely N-dealkylation sites (N-methyl/N-ethyl adjacent to an activating group) is 1. The predicted octanol–water partition coefficient (Wildman–Crippen LogP) is 0.257. The first-order chi connectivity index (χ1) is 10.1. The molecule has 0 radical (unpaired) electrons. The Morgan fingerprint density at radius 1 is 1.33 bits per heavy atom. The van der Waals surface area contributed by atoms with Crippen molar-refractivity contribution in [3.8, 4) is 0 Å². The van der Waals surface area contributed by atoms with E-state index in [2.05, 4.69) is 27.6 Å². The summed E-state index contributed by atoms with van der Waals surface area (Å²) in [6.45, 7) is 5.68. The van der Waals surface area contributed by atoms with Crippen molar-refractivity contribution in [2.24, 2.45) is 4.99 Å². The van der Waals surface area contributed by atoms with Crippen LogP contribution in [0.1, 0.15) is 32.6 Å². The molecule has 2 N–H and O–H groups in total. The topological polar surface area (TPSA) is 60.0 Å². The summed E-state index contributed by atoms with van der Waals surface area (Å²) in [7, 11) is 3.98. The van der Waals surface area contributed by atoms with Gasteiger partial charge in [-0.25, -0.2) is 0 Å². The van der Waals surface area contributed by atoms with Gasteiger partial charge in [-0.1, -0.05) is 6.92 Å². The molecule has 21 heavy (non-hydrogen) atoms. The molecule has 0 aromatic heterocycles. The zero-order chi connectivity index (χ0) is 15.2. The molecule has 2 saturated heterocycles. The fourth-order valence-electron chi connectivity index (χ4n) is 3.17. The van der Waals surface area contributed by atoms with Gasteiger partial charge in [-0.15, -0.1) is 0 Å². The molecule has 0 aromatic rings. The lowest BCUT2D eigenvalue weighted by Gasteiger charge is -2.23. The lowest BCUT2D eigenvalue weighted by atomic mass is 10.2. The largest absolute Gasteiger partial charge is 0.355 e. The van der Waals surface area contributed by atoms with Crippen LogP contribution in [0, 0.1) is 0 Å². The smallest absolute Gasteiger partial charge is 0.222 e. The minimum Gasteiger partial charge on any atom is -0.355 e. The summed E-state index contributed by atoms with van der Waals surface area (Å²) < 4.78 is 0.